The Morgan fingerprint density at radius 2 is 1.67 bits per heavy atom. The van der Waals surface area contributed by atoms with Crippen molar-refractivity contribution in [2.45, 2.75) is 5.16 Å². The van der Waals surface area contributed by atoms with E-state index < -0.39 is 0 Å². The first-order chi connectivity index (χ1) is 16.1. The molecule has 4 rings (SSSR count). The van der Waals surface area contributed by atoms with E-state index >= 15 is 0 Å². The first-order valence-electron chi connectivity index (χ1n) is 9.85. The first-order valence-corrected chi connectivity index (χ1v) is 11.6. The van der Waals surface area contributed by atoms with Crippen molar-refractivity contribution in [1.29, 1.82) is 0 Å². The van der Waals surface area contributed by atoms with Crippen LogP contribution < -0.4 is 14.8 Å². The molecule has 10 heteroatoms. The van der Waals surface area contributed by atoms with Gasteiger partial charge in [0.25, 0.3) is 0 Å². The predicted octanol–water partition coefficient (Wildman–Crippen LogP) is 4.84. The van der Waals surface area contributed by atoms with E-state index in [1.807, 2.05) is 41.0 Å². The monoisotopic (exact) mass is 525 g/mol. The van der Waals surface area contributed by atoms with Crippen molar-refractivity contribution < 1.29 is 14.3 Å². The van der Waals surface area contributed by atoms with Crippen molar-refractivity contribution in [3.05, 3.63) is 71.5 Å². The van der Waals surface area contributed by atoms with Crippen LogP contribution in [-0.2, 0) is 4.79 Å². The zero-order valence-electron chi connectivity index (χ0n) is 17.9. The lowest BCUT2D eigenvalue weighted by Gasteiger charge is -2.11. The molecule has 1 amide bonds. The fourth-order valence-electron chi connectivity index (χ4n) is 3.08. The van der Waals surface area contributed by atoms with E-state index in [1.54, 1.807) is 44.8 Å². The molecule has 33 heavy (non-hydrogen) atoms. The minimum Gasteiger partial charge on any atom is -0.497 e. The number of nitrogens with one attached hydrogen (secondary N) is 1. The molecule has 1 N–H and O–H groups in total. The van der Waals surface area contributed by atoms with Gasteiger partial charge >= 0.3 is 0 Å². The standard InChI is InChI=1S/C23H20BrN5O3S/c1-31-19-11-17(12-20(13-19)32-2)26-21(30)14-33-23-28-27-22(15-7-9-25-10-8-15)29(23)18-5-3-16(24)4-6-18/h3-13H,14H2,1-2H3,(H,26,30). The number of pyridine rings is 1. The number of methoxy groups -OCH3 is 2. The third-order valence-corrected chi connectivity index (χ3v) is 6.08. The number of aromatic nitrogens is 4. The van der Waals surface area contributed by atoms with Gasteiger partial charge in [0, 0.05) is 52.0 Å². The third kappa shape index (κ3) is 5.52. The fraction of sp³-hybridized carbons (Fsp3) is 0.130. The van der Waals surface area contributed by atoms with Crippen LogP contribution in [0.3, 0.4) is 0 Å². The Labute approximate surface area is 203 Å². The van der Waals surface area contributed by atoms with Crippen LogP contribution in [0.1, 0.15) is 0 Å². The van der Waals surface area contributed by atoms with Crippen molar-refractivity contribution in [1.82, 2.24) is 19.7 Å². The highest BCUT2D eigenvalue weighted by atomic mass is 79.9. The summed E-state index contributed by atoms with van der Waals surface area (Å²) in [5, 5.41) is 12.2. The van der Waals surface area contributed by atoms with E-state index in [4.69, 9.17) is 9.47 Å². The Hall–Kier alpha value is -3.37. The Kier molecular flexibility index (Phi) is 7.26. The third-order valence-electron chi connectivity index (χ3n) is 4.62. The van der Waals surface area contributed by atoms with Gasteiger partial charge in [-0.3, -0.25) is 14.3 Å². The second-order valence-corrected chi connectivity index (χ2v) is 8.65. The molecule has 8 nitrogen and oxygen atoms in total. The average molecular weight is 526 g/mol. The summed E-state index contributed by atoms with van der Waals surface area (Å²) in [5.41, 5.74) is 2.35. The van der Waals surface area contributed by atoms with Crippen LogP contribution in [0.2, 0.25) is 0 Å². The van der Waals surface area contributed by atoms with Gasteiger partial charge in [0.15, 0.2) is 11.0 Å². The maximum absolute atomic E-state index is 12.7. The number of hydrogen-bond donors (Lipinski definition) is 1. The van der Waals surface area contributed by atoms with Crippen molar-refractivity contribution in [3.8, 4) is 28.6 Å². The van der Waals surface area contributed by atoms with E-state index in [0.29, 0.717) is 28.2 Å². The number of anilines is 1. The van der Waals surface area contributed by atoms with Gasteiger partial charge in [-0.05, 0) is 36.4 Å². The van der Waals surface area contributed by atoms with E-state index in [2.05, 4.69) is 36.4 Å². The van der Waals surface area contributed by atoms with Crippen molar-refractivity contribution in [3.63, 3.8) is 0 Å². The first kappa shape index (κ1) is 22.8. The van der Waals surface area contributed by atoms with Crippen molar-refractivity contribution >= 4 is 39.3 Å². The molecule has 4 aromatic rings. The molecule has 0 spiro atoms. The van der Waals surface area contributed by atoms with Crippen LogP contribution in [0.25, 0.3) is 17.1 Å². The topological polar surface area (TPSA) is 91.2 Å². The number of hydrogen-bond acceptors (Lipinski definition) is 7. The molecule has 2 heterocycles. The zero-order chi connectivity index (χ0) is 23.2. The van der Waals surface area contributed by atoms with Gasteiger partial charge in [0.1, 0.15) is 11.5 Å². The lowest BCUT2D eigenvalue weighted by Crippen LogP contribution is -2.14. The molecule has 0 bridgehead atoms. The summed E-state index contributed by atoms with van der Waals surface area (Å²) >= 11 is 4.76. The summed E-state index contributed by atoms with van der Waals surface area (Å²) in [6.45, 7) is 0. The van der Waals surface area contributed by atoms with Crippen LogP contribution in [0.4, 0.5) is 5.69 Å². The molecular formula is C23H20BrN5O3S. The number of halogens is 1. The number of benzene rings is 2. The molecule has 0 atom stereocenters. The van der Waals surface area contributed by atoms with Crippen molar-refractivity contribution in [2.75, 3.05) is 25.3 Å². The van der Waals surface area contributed by atoms with Gasteiger partial charge in [-0.25, -0.2) is 0 Å². The van der Waals surface area contributed by atoms with Gasteiger partial charge in [0.05, 0.1) is 20.0 Å². The molecule has 0 aliphatic rings. The number of thioether (sulfide) groups is 1. The van der Waals surface area contributed by atoms with E-state index in [9.17, 15) is 4.79 Å². The van der Waals surface area contributed by atoms with Gasteiger partial charge in [0.2, 0.25) is 5.91 Å². The molecule has 2 aromatic heterocycles. The molecule has 0 saturated heterocycles. The molecular weight excluding hydrogens is 506 g/mol. The van der Waals surface area contributed by atoms with Crippen LogP contribution in [-0.4, -0.2) is 45.6 Å². The van der Waals surface area contributed by atoms with Gasteiger partial charge in [-0.1, -0.05) is 27.7 Å². The Bertz CT molecular complexity index is 1230. The summed E-state index contributed by atoms with van der Waals surface area (Å²) in [7, 11) is 3.12. The van der Waals surface area contributed by atoms with E-state index in [-0.39, 0.29) is 11.7 Å². The number of ether oxygens (including phenoxy) is 2. The van der Waals surface area contributed by atoms with Crippen LogP contribution in [0.5, 0.6) is 11.5 Å². The number of nitrogens with zero attached hydrogens (tertiary/aromatic N) is 4. The molecule has 0 saturated carbocycles. The van der Waals surface area contributed by atoms with Crippen LogP contribution in [0, 0.1) is 0 Å². The molecule has 2 aromatic carbocycles. The highest BCUT2D eigenvalue weighted by Gasteiger charge is 2.17. The van der Waals surface area contributed by atoms with Crippen LogP contribution in [0.15, 0.2) is 76.6 Å². The quantitative estimate of drug-likeness (QED) is 0.329. The predicted molar refractivity (Wildman–Crippen MR) is 131 cm³/mol. The maximum atomic E-state index is 12.7. The SMILES string of the molecule is COc1cc(NC(=O)CSc2nnc(-c3ccncc3)n2-c2ccc(Br)cc2)cc(OC)c1. The summed E-state index contributed by atoms with van der Waals surface area (Å²) in [4.78, 5) is 16.7. The number of carbonyl (C=O) groups is 1. The summed E-state index contributed by atoms with van der Waals surface area (Å²) < 4.78 is 13.4. The lowest BCUT2D eigenvalue weighted by molar-refractivity contribution is -0.113. The smallest absolute Gasteiger partial charge is 0.234 e. The summed E-state index contributed by atoms with van der Waals surface area (Å²) in [5.74, 6) is 1.81. The second kappa shape index (κ2) is 10.5. The van der Waals surface area contributed by atoms with Crippen molar-refractivity contribution in [2.24, 2.45) is 0 Å². The second-order valence-electron chi connectivity index (χ2n) is 6.79. The molecule has 0 aliphatic carbocycles. The minimum absolute atomic E-state index is 0.143. The zero-order valence-corrected chi connectivity index (χ0v) is 20.3. The number of rotatable bonds is 8. The highest BCUT2D eigenvalue weighted by molar-refractivity contribution is 9.10. The van der Waals surface area contributed by atoms with E-state index in [0.717, 1.165) is 15.7 Å². The number of carbonyl (C=O) groups excluding carboxylic acids is 1. The van der Waals surface area contributed by atoms with Gasteiger partial charge in [-0.15, -0.1) is 10.2 Å². The highest BCUT2D eigenvalue weighted by Crippen LogP contribution is 2.29. The van der Waals surface area contributed by atoms with Gasteiger partial charge in [-0.2, -0.15) is 0 Å². The Morgan fingerprint density at radius 3 is 2.30 bits per heavy atom. The molecule has 168 valence electrons. The maximum Gasteiger partial charge on any atom is 0.234 e. The largest absolute Gasteiger partial charge is 0.497 e. The Morgan fingerprint density at radius 1 is 1.00 bits per heavy atom. The molecule has 0 fully saturated rings. The minimum atomic E-state index is -0.189. The molecule has 0 radical (unpaired) electrons. The normalized spacial score (nSPS) is 10.6. The lowest BCUT2D eigenvalue weighted by atomic mass is 10.2. The Balaban J connectivity index is 1.56. The summed E-state index contributed by atoms with van der Waals surface area (Å²) in [6.07, 6.45) is 3.41. The van der Waals surface area contributed by atoms with E-state index in [1.165, 1.54) is 11.8 Å². The average Bonchev–Trinajstić information content (AvgIpc) is 3.27. The van der Waals surface area contributed by atoms with Crippen LogP contribution >= 0.6 is 27.7 Å². The van der Waals surface area contributed by atoms with Gasteiger partial charge < -0.3 is 14.8 Å². The fourth-order valence-corrected chi connectivity index (χ4v) is 4.10. The molecule has 0 aliphatic heterocycles. The molecule has 0 unspecified atom stereocenters. The number of amides is 1. The summed E-state index contributed by atoms with van der Waals surface area (Å²) in [6, 6.07) is 16.8.